The summed E-state index contributed by atoms with van der Waals surface area (Å²) in [4.78, 5) is 25.8. The minimum absolute atomic E-state index is 0.0865. The maximum atomic E-state index is 13.7. The molecular weight excluding hydrogens is 339 g/mol. The number of nitrogens with one attached hydrogen (secondary N) is 1. The van der Waals surface area contributed by atoms with Crippen molar-refractivity contribution in [2.24, 2.45) is 0 Å². The molecule has 0 aliphatic rings. The molecule has 0 radical (unpaired) electrons. The molecule has 1 heterocycles. The van der Waals surface area contributed by atoms with E-state index in [0.29, 0.717) is 4.88 Å². The fraction of sp³-hybridized carbons (Fsp3) is 0.250. The van der Waals surface area contributed by atoms with Crippen LogP contribution in [0.15, 0.2) is 35.7 Å². The summed E-state index contributed by atoms with van der Waals surface area (Å²) in [6.07, 6.45) is 0.139. The monoisotopic (exact) mass is 354 g/mol. The van der Waals surface area contributed by atoms with Crippen LogP contribution in [0.5, 0.6) is 0 Å². The second kappa shape index (κ2) is 8.08. The molecule has 0 saturated carbocycles. The lowest BCUT2D eigenvalue weighted by molar-refractivity contribution is -0.130. The summed E-state index contributed by atoms with van der Waals surface area (Å²) in [7, 11) is 1.58. The number of hydrogen-bond acceptors (Lipinski definition) is 3. The number of rotatable bonds is 6. The smallest absolute Gasteiger partial charge is 0.261 e. The number of carbonyl (C=O) groups excluding carboxylic acids is 2. The number of halogens is 2. The predicted octanol–water partition coefficient (Wildman–Crippen LogP) is 3.32. The summed E-state index contributed by atoms with van der Waals surface area (Å²) < 4.78 is 13.7. The molecule has 0 bridgehead atoms. The van der Waals surface area contributed by atoms with E-state index >= 15 is 0 Å². The Morgan fingerprint density at radius 1 is 1.30 bits per heavy atom. The molecule has 0 unspecified atom stereocenters. The van der Waals surface area contributed by atoms with Crippen molar-refractivity contribution < 1.29 is 14.0 Å². The van der Waals surface area contributed by atoms with Crippen LogP contribution in [0.1, 0.15) is 21.7 Å². The van der Waals surface area contributed by atoms with Crippen molar-refractivity contribution in [1.82, 2.24) is 10.2 Å². The lowest BCUT2D eigenvalue weighted by Gasteiger charge is -2.18. The van der Waals surface area contributed by atoms with Crippen LogP contribution in [0, 0.1) is 5.82 Å². The lowest BCUT2D eigenvalue weighted by atomic mass is 10.2. The fourth-order valence-corrected chi connectivity index (χ4v) is 2.84. The van der Waals surface area contributed by atoms with Crippen molar-refractivity contribution in [2.45, 2.75) is 13.0 Å². The van der Waals surface area contributed by atoms with Gasteiger partial charge in [0.05, 0.1) is 4.88 Å². The number of carbonyl (C=O) groups is 2. The Kier molecular flexibility index (Phi) is 6.12. The van der Waals surface area contributed by atoms with Crippen LogP contribution in [0.3, 0.4) is 0 Å². The van der Waals surface area contributed by atoms with Crippen LogP contribution in [0.2, 0.25) is 5.02 Å². The van der Waals surface area contributed by atoms with Gasteiger partial charge in [0.2, 0.25) is 5.91 Å². The van der Waals surface area contributed by atoms with Gasteiger partial charge in [-0.05, 0) is 23.6 Å². The highest BCUT2D eigenvalue weighted by Gasteiger charge is 2.14. The minimum Gasteiger partial charge on any atom is -0.351 e. The van der Waals surface area contributed by atoms with E-state index in [4.69, 9.17) is 11.6 Å². The van der Waals surface area contributed by atoms with Crippen molar-refractivity contribution in [1.29, 1.82) is 0 Å². The topological polar surface area (TPSA) is 49.4 Å². The fourth-order valence-electron chi connectivity index (χ4n) is 1.98. The highest BCUT2D eigenvalue weighted by molar-refractivity contribution is 7.12. The van der Waals surface area contributed by atoms with Crippen LogP contribution in [-0.2, 0) is 11.3 Å². The molecule has 0 aliphatic heterocycles. The minimum atomic E-state index is -0.442. The molecule has 1 N–H and O–H groups in total. The van der Waals surface area contributed by atoms with Gasteiger partial charge in [0.25, 0.3) is 5.91 Å². The first-order valence-corrected chi connectivity index (χ1v) is 8.23. The van der Waals surface area contributed by atoms with E-state index < -0.39 is 5.82 Å². The molecule has 122 valence electrons. The number of hydrogen-bond donors (Lipinski definition) is 1. The molecule has 1 aromatic carbocycles. The quantitative estimate of drug-likeness (QED) is 0.865. The van der Waals surface area contributed by atoms with E-state index in [2.05, 4.69) is 5.32 Å². The van der Waals surface area contributed by atoms with Crippen molar-refractivity contribution in [2.75, 3.05) is 13.6 Å². The first kappa shape index (κ1) is 17.4. The van der Waals surface area contributed by atoms with Crippen LogP contribution in [-0.4, -0.2) is 30.3 Å². The van der Waals surface area contributed by atoms with Gasteiger partial charge >= 0.3 is 0 Å². The molecule has 4 nitrogen and oxygen atoms in total. The van der Waals surface area contributed by atoms with Gasteiger partial charge in [0, 0.05) is 37.1 Å². The normalized spacial score (nSPS) is 10.4. The molecule has 0 aliphatic carbocycles. The Morgan fingerprint density at radius 2 is 2.09 bits per heavy atom. The summed E-state index contributed by atoms with van der Waals surface area (Å²) in [5.74, 6) is -0.841. The van der Waals surface area contributed by atoms with E-state index in [1.165, 1.54) is 28.4 Å². The second-order valence-corrected chi connectivity index (χ2v) is 6.29. The molecule has 0 fully saturated rings. The zero-order valence-electron chi connectivity index (χ0n) is 12.5. The largest absolute Gasteiger partial charge is 0.351 e. The summed E-state index contributed by atoms with van der Waals surface area (Å²) in [6, 6.07) is 7.91. The Hall–Kier alpha value is -1.92. The molecule has 23 heavy (non-hydrogen) atoms. The molecule has 7 heteroatoms. The summed E-state index contributed by atoms with van der Waals surface area (Å²) in [5.41, 5.74) is 0.285. The Balaban J connectivity index is 1.82. The van der Waals surface area contributed by atoms with Gasteiger partial charge in [-0.1, -0.05) is 23.7 Å². The molecule has 2 amide bonds. The van der Waals surface area contributed by atoms with Gasteiger partial charge in [0.15, 0.2) is 0 Å². The zero-order valence-corrected chi connectivity index (χ0v) is 14.1. The molecule has 0 atom stereocenters. The van der Waals surface area contributed by atoms with E-state index in [1.54, 1.807) is 25.2 Å². The molecule has 1 aromatic heterocycles. The van der Waals surface area contributed by atoms with Gasteiger partial charge in [-0.25, -0.2) is 4.39 Å². The SMILES string of the molecule is CN(Cc1c(F)cccc1Cl)C(=O)CCNC(=O)c1cccs1. The van der Waals surface area contributed by atoms with E-state index in [-0.39, 0.29) is 41.9 Å². The number of thiophene rings is 1. The van der Waals surface area contributed by atoms with E-state index in [1.807, 2.05) is 5.38 Å². The standard InChI is InChI=1S/C16H16ClFN2O2S/c1-20(10-11-12(17)4-2-5-13(11)18)15(21)7-8-19-16(22)14-6-3-9-23-14/h2-6,9H,7-8,10H2,1H3,(H,19,22). The van der Waals surface area contributed by atoms with Crippen molar-refractivity contribution in [3.63, 3.8) is 0 Å². The van der Waals surface area contributed by atoms with E-state index in [0.717, 1.165) is 0 Å². The van der Waals surface area contributed by atoms with Crippen LogP contribution < -0.4 is 5.32 Å². The van der Waals surface area contributed by atoms with Crippen LogP contribution in [0.25, 0.3) is 0 Å². The molecule has 2 aromatic rings. The van der Waals surface area contributed by atoms with Crippen LogP contribution >= 0.6 is 22.9 Å². The Bertz CT molecular complexity index is 671. The second-order valence-electron chi connectivity index (χ2n) is 4.93. The van der Waals surface area contributed by atoms with E-state index in [9.17, 15) is 14.0 Å². The average molecular weight is 355 g/mol. The highest BCUT2D eigenvalue weighted by Crippen LogP contribution is 2.20. The summed E-state index contributed by atoms with van der Waals surface area (Å²) in [5, 5.41) is 4.78. The zero-order chi connectivity index (χ0) is 16.8. The van der Waals surface area contributed by atoms with Gasteiger partial charge in [-0.2, -0.15) is 0 Å². The molecule has 0 saturated heterocycles. The molecule has 2 rings (SSSR count). The third-order valence-corrected chi connectivity index (χ3v) is 4.47. The number of nitrogens with zero attached hydrogens (tertiary/aromatic N) is 1. The molecule has 0 spiro atoms. The maximum Gasteiger partial charge on any atom is 0.261 e. The number of amides is 2. The van der Waals surface area contributed by atoms with Gasteiger partial charge in [-0.15, -0.1) is 11.3 Å². The Labute approximate surface area is 142 Å². The van der Waals surface area contributed by atoms with Crippen molar-refractivity contribution >= 4 is 34.8 Å². The average Bonchev–Trinajstić information content (AvgIpc) is 3.05. The first-order chi connectivity index (χ1) is 11.0. The summed E-state index contributed by atoms with van der Waals surface area (Å²) in [6.45, 7) is 0.314. The third kappa shape index (κ3) is 4.77. The summed E-state index contributed by atoms with van der Waals surface area (Å²) >= 11 is 7.28. The van der Waals surface area contributed by atoms with Gasteiger partial charge < -0.3 is 10.2 Å². The van der Waals surface area contributed by atoms with Gasteiger partial charge in [0.1, 0.15) is 5.82 Å². The third-order valence-electron chi connectivity index (χ3n) is 3.25. The van der Waals surface area contributed by atoms with Crippen LogP contribution in [0.4, 0.5) is 4.39 Å². The maximum absolute atomic E-state index is 13.7. The van der Waals surface area contributed by atoms with Gasteiger partial charge in [-0.3, -0.25) is 9.59 Å². The first-order valence-electron chi connectivity index (χ1n) is 6.97. The number of benzene rings is 1. The predicted molar refractivity (Wildman–Crippen MR) is 89.2 cm³/mol. The lowest BCUT2D eigenvalue weighted by Crippen LogP contribution is -2.31. The Morgan fingerprint density at radius 3 is 2.74 bits per heavy atom. The molecular formula is C16H16ClFN2O2S. The van der Waals surface area contributed by atoms with Crippen molar-refractivity contribution in [3.05, 3.63) is 57.0 Å². The van der Waals surface area contributed by atoms with Crippen molar-refractivity contribution in [3.8, 4) is 0 Å². The highest BCUT2D eigenvalue weighted by atomic mass is 35.5.